The summed E-state index contributed by atoms with van der Waals surface area (Å²) in [6, 6.07) is 5.15. The van der Waals surface area contributed by atoms with Gasteiger partial charge in [-0.25, -0.2) is 0 Å². The van der Waals surface area contributed by atoms with Crippen molar-refractivity contribution in [3.8, 4) is 0 Å². The van der Waals surface area contributed by atoms with E-state index < -0.39 is 17.6 Å². The molecule has 24 heavy (non-hydrogen) atoms. The summed E-state index contributed by atoms with van der Waals surface area (Å²) in [6.07, 6.45) is 0.903. The van der Waals surface area contributed by atoms with E-state index in [2.05, 4.69) is 17.1 Å². The van der Waals surface area contributed by atoms with Crippen LogP contribution in [0.1, 0.15) is 54.9 Å². The minimum Gasteiger partial charge on any atom is -0.350 e. The zero-order valence-electron chi connectivity index (χ0n) is 14.0. The Labute approximate surface area is 141 Å². The number of rotatable bonds is 6. The molecule has 1 fully saturated rings. The number of hydrogen-bond acceptors (Lipinski definition) is 2. The van der Waals surface area contributed by atoms with Crippen LogP contribution in [0.25, 0.3) is 0 Å². The monoisotopic (exact) mass is 342 g/mol. The number of likely N-dealkylation sites (tertiary alicyclic amines) is 1. The number of carbonyl (C=O) groups excluding carboxylic acids is 1. The fraction of sp³-hybridized carbons (Fsp3) is 0.611. The molecule has 0 aromatic heterocycles. The molecular weight excluding hydrogens is 317 g/mol. The molecule has 3 nitrogen and oxygen atoms in total. The molecule has 0 saturated carbocycles. The highest BCUT2D eigenvalue weighted by Crippen LogP contribution is 2.31. The number of piperidine rings is 1. The zero-order valence-corrected chi connectivity index (χ0v) is 14.0. The molecule has 0 spiro atoms. The van der Waals surface area contributed by atoms with Crippen molar-refractivity contribution in [1.29, 1.82) is 0 Å². The number of nitrogens with zero attached hydrogens (tertiary/aromatic N) is 1. The number of benzene rings is 1. The van der Waals surface area contributed by atoms with Gasteiger partial charge >= 0.3 is 6.18 Å². The Hall–Kier alpha value is -1.56. The lowest BCUT2D eigenvalue weighted by molar-refractivity contribution is -0.137. The van der Waals surface area contributed by atoms with Crippen molar-refractivity contribution in [2.75, 3.05) is 19.6 Å². The Morgan fingerprint density at radius 1 is 1.29 bits per heavy atom. The summed E-state index contributed by atoms with van der Waals surface area (Å²) in [7, 11) is 0. The molecule has 2 rings (SSSR count). The van der Waals surface area contributed by atoms with Crippen LogP contribution in [0.2, 0.25) is 0 Å². The summed E-state index contributed by atoms with van der Waals surface area (Å²) in [5, 5.41) is 2.71. The number of nitrogens with one attached hydrogen (secondary N) is 1. The molecule has 6 heteroatoms. The van der Waals surface area contributed by atoms with E-state index in [1.54, 1.807) is 0 Å². The number of carbonyl (C=O) groups is 1. The maximum atomic E-state index is 13.0. The van der Waals surface area contributed by atoms with Crippen molar-refractivity contribution in [3.63, 3.8) is 0 Å². The second-order valence-corrected chi connectivity index (χ2v) is 6.29. The van der Waals surface area contributed by atoms with Crippen molar-refractivity contribution in [2.45, 2.75) is 51.2 Å². The first kappa shape index (κ1) is 18.8. The Balaban J connectivity index is 2.00. The molecule has 134 valence electrons. The van der Waals surface area contributed by atoms with Gasteiger partial charge in [-0.1, -0.05) is 31.9 Å². The van der Waals surface area contributed by atoms with Gasteiger partial charge in [0.15, 0.2) is 0 Å². The molecular formula is C18H25F3N2O. The van der Waals surface area contributed by atoms with Gasteiger partial charge in [0.25, 0.3) is 5.91 Å². The van der Waals surface area contributed by atoms with E-state index in [1.807, 2.05) is 0 Å². The Kier molecular flexibility index (Phi) is 6.66. The quantitative estimate of drug-likeness (QED) is 0.844. The van der Waals surface area contributed by atoms with Gasteiger partial charge in [-0.05, 0) is 44.5 Å². The highest BCUT2D eigenvalue weighted by Gasteiger charge is 2.35. The number of halogens is 3. The Bertz CT molecular complexity index is 545. The van der Waals surface area contributed by atoms with Crippen molar-refractivity contribution in [1.82, 2.24) is 10.2 Å². The summed E-state index contributed by atoms with van der Waals surface area (Å²) < 4.78 is 39.1. The lowest BCUT2D eigenvalue weighted by Gasteiger charge is -2.35. The number of unbranched alkanes of at least 4 members (excludes halogenated alkanes) is 1. The number of alkyl halides is 3. The third kappa shape index (κ3) is 4.97. The molecule has 0 bridgehead atoms. The highest BCUT2D eigenvalue weighted by molar-refractivity contribution is 5.95. The number of amides is 1. The van der Waals surface area contributed by atoms with Gasteiger partial charge in [0.2, 0.25) is 0 Å². The fourth-order valence-electron chi connectivity index (χ4n) is 3.18. The lowest BCUT2D eigenvalue weighted by Crippen LogP contribution is -2.47. The SMILES string of the molecule is CCCCN1CCCCC1CNC(=O)c1ccccc1C(F)(F)F. The largest absolute Gasteiger partial charge is 0.417 e. The molecule has 1 aromatic carbocycles. The predicted octanol–water partition coefficient (Wildman–Crippen LogP) is 4.09. The third-order valence-electron chi connectivity index (χ3n) is 4.52. The van der Waals surface area contributed by atoms with Crippen LogP contribution in [0.4, 0.5) is 13.2 Å². The summed E-state index contributed by atoms with van der Waals surface area (Å²) in [5.74, 6) is -0.649. The zero-order chi connectivity index (χ0) is 17.6. The average Bonchev–Trinajstić information content (AvgIpc) is 2.57. The highest BCUT2D eigenvalue weighted by atomic mass is 19.4. The van der Waals surface area contributed by atoms with E-state index in [-0.39, 0.29) is 11.6 Å². The molecule has 1 unspecified atom stereocenters. The summed E-state index contributed by atoms with van der Waals surface area (Å²) in [6.45, 7) is 4.51. The molecule has 1 heterocycles. The van der Waals surface area contributed by atoms with Crippen LogP contribution in [-0.2, 0) is 6.18 Å². The van der Waals surface area contributed by atoms with E-state index >= 15 is 0 Å². The second-order valence-electron chi connectivity index (χ2n) is 6.29. The van der Waals surface area contributed by atoms with Crippen molar-refractivity contribution in [2.24, 2.45) is 0 Å². The molecule has 1 atom stereocenters. The number of hydrogen-bond donors (Lipinski definition) is 1. The van der Waals surface area contributed by atoms with Gasteiger partial charge < -0.3 is 5.32 Å². The van der Waals surface area contributed by atoms with Crippen LogP contribution in [0, 0.1) is 0 Å². The average molecular weight is 342 g/mol. The van der Waals surface area contributed by atoms with Gasteiger partial charge in [-0.15, -0.1) is 0 Å². The van der Waals surface area contributed by atoms with Crippen LogP contribution in [0.15, 0.2) is 24.3 Å². The van der Waals surface area contributed by atoms with Crippen molar-refractivity contribution < 1.29 is 18.0 Å². The molecule has 1 aliphatic rings. The van der Waals surface area contributed by atoms with Gasteiger partial charge in [0.1, 0.15) is 0 Å². The standard InChI is InChI=1S/C18H25F3N2O/c1-2-3-11-23-12-7-6-8-14(23)13-22-17(24)15-9-4-5-10-16(15)18(19,20)21/h4-5,9-10,14H,2-3,6-8,11-13H2,1H3,(H,22,24). The molecule has 0 aliphatic carbocycles. The van der Waals surface area contributed by atoms with Crippen LogP contribution in [0.5, 0.6) is 0 Å². The van der Waals surface area contributed by atoms with E-state index in [4.69, 9.17) is 0 Å². The topological polar surface area (TPSA) is 32.3 Å². The molecule has 1 saturated heterocycles. The fourth-order valence-corrected chi connectivity index (χ4v) is 3.18. The summed E-state index contributed by atoms with van der Waals surface area (Å²) >= 11 is 0. The smallest absolute Gasteiger partial charge is 0.350 e. The normalized spacial score (nSPS) is 19.2. The van der Waals surface area contributed by atoms with E-state index in [1.165, 1.54) is 18.2 Å². The first-order chi connectivity index (χ1) is 11.4. The second kappa shape index (κ2) is 8.51. The maximum absolute atomic E-state index is 13.0. The third-order valence-corrected chi connectivity index (χ3v) is 4.52. The Morgan fingerprint density at radius 3 is 2.75 bits per heavy atom. The first-order valence-electron chi connectivity index (χ1n) is 8.62. The lowest BCUT2D eigenvalue weighted by atomic mass is 10.0. The van der Waals surface area contributed by atoms with Crippen LogP contribution >= 0.6 is 0 Å². The van der Waals surface area contributed by atoms with Crippen molar-refractivity contribution >= 4 is 5.91 Å². The van der Waals surface area contributed by atoms with E-state index in [9.17, 15) is 18.0 Å². The van der Waals surface area contributed by atoms with Gasteiger partial charge in [0, 0.05) is 12.6 Å². The van der Waals surface area contributed by atoms with E-state index in [0.29, 0.717) is 6.54 Å². The van der Waals surface area contributed by atoms with Gasteiger partial charge in [-0.3, -0.25) is 9.69 Å². The summed E-state index contributed by atoms with van der Waals surface area (Å²) in [4.78, 5) is 14.6. The van der Waals surface area contributed by atoms with E-state index in [0.717, 1.165) is 51.3 Å². The van der Waals surface area contributed by atoms with Crippen molar-refractivity contribution in [3.05, 3.63) is 35.4 Å². The Morgan fingerprint density at radius 2 is 2.04 bits per heavy atom. The maximum Gasteiger partial charge on any atom is 0.417 e. The molecule has 1 aromatic rings. The molecule has 0 radical (unpaired) electrons. The van der Waals surface area contributed by atoms with Crippen LogP contribution in [-0.4, -0.2) is 36.5 Å². The predicted molar refractivity (Wildman–Crippen MR) is 87.9 cm³/mol. The first-order valence-corrected chi connectivity index (χ1v) is 8.62. The van der Waals surface area contributed by atoms with Crippen LogP contribution in [0.3, 0.4) is 0 Å². The minimum absolute atomic E-state index is 0.215. The van der Waals surface area contributed by atoms with Gasteiger partial charge in [0.05, 0.1) is 11.1 Å². The molecule has 1 aliphatic heterocycles. The van der Waals surface area contributed by atoms with Crippen LogP contribution < -0.4 is 5.32 Å². The molecule has 1 N–H and O–H groups in total. The van der Waals surface area contributed by atoms with Gasteiger partial charge in [-0.2, -0.15) is 13.2 Å². The minimum atomic E-state index is -4.52. The summed E-state index contributed by atoms with van der Waals surface area (Å²) in [5.41, 5.74) is -1.19. The molecule has 1 amide bonds.